The van der Waals surface area contributed by atoms with Gasteiger partial charge in [0.15, 0.2) is 12.0 Å². The van der Waals surface area contributed by atoms with Crippen LogP contribution in [0.25, 0.3) is 10.9 Å². The zero-order chi connectivity index (χ0) is 22.3. The highest BCUT2D eigenvalue weighted by Crippen LogP contribution is 2.19. The number of ether oxygens (including phenoxy) is 3. The molecule has 1 amide bonds. The molecule has 0 atom stereocenters. The van der Waals surface area contributed by atoms with Crippen molar-refractivity contribution < 1.29 is 19.0 Å². The number of carbonyl (C=O) groups excluding carboxylic acids is 1. The van der Waals surface area contributed by atoms with Crippen LogP contribution in [0.2, 0.25) is 0 Å². The highest BCUT2D eigenvalue weighted by atomic mass is 16.5. The van der Waals surface area contributed by atoms with Crippen LogP contribution in [0.4, 0.5) is 5.69 Å². The summed E-state index contributed by atoms with van der Waals surface area (Å²) >= 11 is 0. The second-order valence-corrected chi connectivity index (χ2v) is 7.03. The van der Waals surface area contributed by atoms with Crippen LogP contribution in [-0.4, -0.2) is 24.6 Å². The molecule has 0 saturated carbocycles. The number of hydrogen-bond acceptors (Lipinski definition) is 5. The largest absolute Gasteiger partial charge is 0.497 e. The van der Waals surface area contributed by atoms with E-state index in [1.54, 1.807) is 67.8 Å². The Labute approximate surface area is 184 Å². The molecule has 2 N–H and O–H groups in total. The van der Waals surface area contributed by atoms with Gasteiger partial charge in [-0.25, -0.2) is 0 Å². The maximum Gasteiger partial charge on any atom is 0.262 e. The van der Waals surface area contributed by atoms with Crippen molar-refractivity contribution in [2.24, 2.45) is 0 Å². The van der Waals surface area contributed by atoms with E-state index >= 15 is 0 Å². The molecule has 7 nitrogen and oxygen atoms in total. The maximum atomic E-state index is 12.2. The van der Waals surface area contributed by atoms with E-state index in [4.69, 9.17) is 14.2 Å². The summed E-state index contributed by atoms with van der Waals surface area (Å²) < 4.78 is 16.3. The van der Waals surface area contributed by atoms with Crippen molar-refractivity contribution in [3.63, 3.8) is 0 Å². The van der Waals surface area contributed by atoms with Gasteiger partial charge in [0.1, 0.15) is 23.9 Å². The van der Waals surface area contributed by atoms with Gasteiger partial charge in [-0.2, -0.15) is 0 Å². The fourth-order valence-electron chi connectivity index (χ4n) is 3.14. The molecule has 0 unspecified atom stereocenters. The summed E-state index contributed by atoms with van der Waals surface area (Å²) in [5.74, 6) is 1.64. The Morgan fingerprint density at radius 2 is 1.53 bits per heavy atom. The lowest BCUT2D eigenvalue weighted by Crippen LogP contribution is -2.20. The summed E-state index contributed by atoms with van der Waals surface area (Å²) in [6.45, 7) is 0.112. The predicted molar refractivity (Wildman–Crippen MR) is 122 cm³/mol. The highest BCUT2D eigenvalue weighted by molar-refractivity contribution is 5.91. The first kappa shape index (κ1) is 21.0. The molecule has 32 heavy (non-hydrogen) atoms. The molecule has 0 fully saturated rings. The average molecular weight is 430 g/mol. The van der Waals surface area contributed by atoms with Crippen LogP contribution in [0.5, 0.6) is 17.2 Å². The maximum absolute atomic E-state index is 12.2. The van der Waals surface area contributed by atoms with E-state index < -0.39 is 0 Å². The lowest BCUT2D eigenvalue weighted by molar-refractivity contribution is -0.118. The minimum absolute atomic E-state index is 0.0483. The molecule has 0 aliphatic rings. The first-order valence-corrected chi connectivity index (χ1v) is 10.0. The number of carbonyl (C=O) groups is 1. The Hall–Kier alpha value is -4.26. The molecule has 1 heterocycles. The van der Waals surface area contributed by atoms with Gasteiger partial charge in [-0.05, 0) is 60.7 Å². The van der Waals surface area contributed by atoms with Crippen molar-refractivity contribution >= 4 is 22.5 Å². The van der Waals surface area contributed by atoms with Gasteiger partial charge >= 0.3 is 0 Å². The summed E-state index contributed by atoms with van der Waals surface area (Å²) in [7, 11) is 1.59. The standard InChI is InChI=1S/C25H22N2O5/c1-30-19-10-12-21(13-11-19)32-16-25(29)27-17-6-8-20(9-7-17)31-15-18-14-24(28)22-4-2-3-5-23(22)26-18/h2-14H,15-16H2,1H3,(H,26,28)(H,27,29). The molecule has 7 heteroatoms. The molecule has 0 spiro atoms. The van der Waals surface area contributed by atoms with Crippen molar-refractivity contribution in [3.8, 4) is 17.2 Å². The van der Waals surface area contributed by atoms with E-state index in [2.05, 4.69) is 10.3 Å². The number of rotatable bonds is 8. The number of benzene rings is 3. The number of fused-ring (bicyclic) bond motifs is 1. The second-order valence-electron chi connectivity index (χ2n) is 7.03. The number of methoxy groups -OCH3 is 1. The molecule has 162 valence electrons. The van der Waals surface area contributed by atoms with Crippen molar-refractivity contribution in [1.29, 1.82) is 0 Å². The number of aromatic nitrogens is 1. The predicted octanol–water partition coefficient (Wildman–Crippen LogP) is 4.13. The van der Waals surface area contributed by atoms with E-state index in [9.17, 15) is 9.59 Å². The van der Waals surface area contributed by atoms with Gasteiger partial charge in [0, 0.05) is 22.7 Å². The first-order chi connectivity index (χ1) is 15.6. The Morgan fingerprint density at radius 3 is 2.28 bits per heavy atom. The Bertz CT molecular complexity index is 1260. The van der Waals surface area contributed by atoms with E-state index in [1.807, 2.05) is 18.2 Å². The number of aromatic amines is 1. The number of nitrogens with one attached hydrogen (secondary N) is 2. The molecule has 0 radical (unpaired) electrons. The first-order valence-electron chi connectivity index (χ1n) is 10.0. The monoisotopic (exact) mass is 430 g/mol. The molecule has 0 aliphatic carbocycles. The van der Waals surface area contributed by atoms with Gasteiger partial charge in [0.25, 0.3) is 5.91 Å². The summed E-state index contributed by atoms with van der Waals surface area (Å²) in [6, 6.07) is 22.9. The van der Waals surface area contributed by atoms with Gasteiger partial charge < -0.3 is 24.5 Å². The van der Waals surface area contributed by atoms with Crippen LogP contribution < -0.4 is 25.0 Å². The van der Waals surface area contributed by atoms with Crippen molar-refractivity contribution in [3.05, 3.63) is 94.8 Å². The molecule has 0 aliphatic heterocycles. The molecule has 4 aromatic rings. The van der Waals surface area contributed by atoms with Gasteiger partial charge in [-0.1, -0.05) is 12.1 Å². The van der Waals surface area contributed by atoms with Crippen LogP contribution in [-0.2, 0) is 11.4 Å². The number of H-pyrrole nitrogens is 1. The molecule has 1 aromatic heterocycles. The summed E-state index contributed by atoms with van der Waals surface area (Å²) in [6.07, 6.45) is 0. The third-order valence-corrected chi connectivity index (χ3v) is 4.75. The van der Waals surface area contributed by atoms with Gasteiger partial charge in [0.05, 0.1) is 12.8 Å². The zero-order valence-corrected chi connectivity index (χ0v) is 17.5. The van der Waals surface area contributed by atoms with Crippen molar-refractivity contribution in [1.82, 2.24) is 4.98 Å². The smallest absolute Gasteiger partial charge is 0.262 e. The number of pyridine rings is 1. The van der Waals surface area contributed by atoms with E-state index in [0.717, 1.165) is 11.3 Å². The highest BCUT2D eigenvalue weighted by Gasteiger charge is 2.06. The minimum Gasteiger partial charge on any atom is -0.497 e. The number of para-hydroxylation sites is 1. The Kier molecular flexibility index (Phi) is 6.36. The van der Waals surface area contributed by atoms with Crippen LogP contribution in [0.1, 0.15) is 5.69 Å². The molecule has 3 aromatic carbocycles. The van der Waals surface area contributed by atoms with Crippen LogP contribution >= 0.6 is 0 Å². The van der Waals surface area contributed by atoms with Gasteiger partial charge in [-0.3, -0.25) is 9.59 Å². The summed E-state index contributed by atoms with van der Waals surface area (Å²) in [5.41, 5.74) is 2.03. The fraction of sp³-hybridized carbons (Fsp3) is 0.120. The van der Waals surface area contributed by atoms with E-state index in [0.29, 0.717) is 28.3 Å². The Morgan fingerprint density at radius 1 is 0.875 bits per heavy atom. The molecular weight excluding hydrogens is 408 g/mol. The van der Waals surface area contributed by atoms with E-state index in [1.165, 1.54) is 0 Å². The third-order valence-electron chi connectivity index (χ3n) is 4.75. The average Bonchev–Trinajstić information content (AvgIpc) is 2.83. The third kappa shape index (κ3) is 5.26. The van der Waals surface area contributed by atoms with Crippen molar-refractivity contribution in [2.45, 2.75) is 6.61 Å². The number of anilines is 1. The molecular formula is C25H22N2O5. The number of amides is 1. The lowest BCUT2D eigenvalue weighted by atomic mass is 10.2. The topological polar surface area (TPSA) is 89.7 Å². The number of hydrogen-bond donors (Lipinski definition) is 2. The van der Waals surface area contributed by atoms with E-state index in [-0.39, 0.29) is 24.5 Å². The zero-order valence-electron chi connectivity index (χ0n) is 17.5. The van der Waals surface area contributed by atoms with Gasteiger partial charge in [-0.15, -0.1) is 0 Å². The van der Waals surface area contributed by atoms with Crippen LogP contribution in [0.3, 0.4) is 0 Å². The molecule has 4 rings (SSSR count). The molecule has 0 saturated heterocycles. The van der Waals surface area contributed by atoms with Crippen LogP contribution in [0, 0.1) is 0 Å². The normalized spacial score (nSPS) is 10.5. The second kappa shape index (κ2) is 9.70. The van der Waals surface area contributed by atoms with Crippen molar-refractivity contribution in [2.75, 3.05) is 19.0 Å². The summed E-state index contributed by atoms with van der Waals surface area (Å²) in [5, 5.41) is 3.42. The quantitative estimate of drug-likeness (QED) is 0.439. The van der Waals surface area contributed by atoms with Crippen LogP contribution in [0.15, 0.2) is 83.7 Å². The Balaban J connectivity index is 1.29. The van der Waals surface area contributed by atoms with Gasteiger partial charge in [0.2, 0.25) is 0 Å². The minimum atomic E-state index is -0.275. The molecule has 0 bridgehead atoms. The fourth-order valence-corrected chi connectivity index (χ4v) is 3.14. The summed E-state index contributed by atoms with van der Waals surface area (Å²) in [4.78, 5) is 27.5. The SMILES string of the molecule is COc1ccc(OCC(=O)Nc2ccc(OCc3cc(=O)c4ccccc4[nH]3)cc2)cc1. The lowest BCUT2D eigenvalue weighted by Gasteiger charge is -2.10.